The summed E-state index contributed by atoms with van der Waals surface area (Å²) in [6.07, 6.45) is 0. The molecule has 0 saturated heterocycles. The predicted molar refractivity (Wildman–Crippen MR) is 92.0 cm³/mol. The van der Waals surface area contributed by atoms with Crippen molar-refractivity contribution in [1.82, 2.24) is 0 Å². The van der Waals surface area contributed by atoms with E-state index in [-0.39, 0.29) is 9.88 Å². The minimum Gasteiger partial charge on any atom is -0.389 e. The standard InChI is InChI=1S/C14H13BrN2O2S2/c1-9-8-10(6-7-11(9)14(16)20)21(18,19)17-13-5-3-2-4-12(13)15/h2-8,17H,1H3,(H2,16,20). The Morgan fingerprint density at radius 2 is 1.90 bits per heavy atom. The van der Waals surface area contributed by atoms with Gasteiger partial charge in [-0.05, 0) is 52.7 Å². The third kappa shape index (κ3) is 3.61. The summed E-state index contributed by atoms with van der Waals surface area (Å²) in [6, 6.07) is 11.7. The second kappa shape index (κ2) is 6.13. The molecular weight excluding hydrogens is 372 g/mol. The van der Waals surface area contributed by atoms with Gasteiger partial charge in [-0.25, -0.2) is 8.42 Å². The highest BCUT2D eigenvalue weighted by molar-refractivity contribution is 9.10. The van der Waals surface area contributed by atoms with Crippen molar-refractivity contribution in [3.05, 3.63) is 58.1 Å². The SMILES string of the molecule is Cc1cc(S(=O)(=O)Nc2ccccc2Br)ccc1C(N)=S. The zero-order chi connectivity index (χ0) is 15.6. The summed E-state index contributed by atoms with van der Waals surface area (Å²) >= 11 is 8.22. The molecule has 0 aliphatic carbocycles. The number of benzene rings is 2. The number of rotatable bonds is 4. The molecule has 110 valence electrons. The lowest BCUT2D eigenvalue weighted by Gasteiger charge is -2.11. The van der Waals surface area contributed by atoms with Gasteiger partial charge in [0.25, 0.3) is 10.0 Å². The third-order valence-corrected chi connectivity index (χ3v) is 5.17. The first-order chi connectivity index (χ1) is 9.81. The summed E-state index contributed by atoms with van der Waals surface area (Å²) in [7, 11) is -3.66. The van der Waals surface area contributed by atoms with Gasteiger partial charge in [-0.3, -0.25) is 4.72 Å². The molecule has 0 aliphatic rings. The van der Waals surface area contributed by atoms with E-state index in [2.05, 4.69) is 20.7 Å². The molecule has 3 N–H and O–H groups in total. The molecule has 0 aromatic heterocycles. The Kier molecular flexibility index (Phi) is 4.65. The number of para-hydroxylation sites is 1. The van der Waals surface area contributed by atoms with Crippen LogP contribution in [0.4, 0.5) is 5.69 Å². The van der Waals surface area contributed by atoms with Crippen molar-refractivity contribution >= 4 is 48.8 Å². The van der Waals surface area contributed by atoms with Crippen LogP contribution in [0, 0.1) is 6.92 Å². The molecule has 0 atom stereocenters. The molecule has 0 saturated carbocycles. The predicted octanol–water partition coefficient (Wildman–Crippen LogP) is 3.19. The molecule has 0 unspecified atom stereocenters. The highest BCUT2D eigenvalue weighted by Crippen LogP contribution is 2.25. The minimum atomic E-state index is -3.66. The Morgan fingerprint density at radius 1 is 1.24 bits per heavy atom. The maximum absolute atomic E-state index is 12.4. The second-order valence-corrected chi connectivity index (χ2v) is 7.40. The lowest BCUT2D eigenvalue weighted by atomic mass is 10.1. The van der Waals surface area contributed by atoms with Crippen molar-refractivity contribution in [2.75, 3.05) is 4.72 Å². The molecule has 21 heavy (non-hydrogen) atoms. The van der Waals surface area contributed by atoms with Crippen LogP contribution in [0.3, 0.4) is 0 Å². The van der Waals surface area contributed by atoms with E-state index in [1.165, 1.54) is 6.07 Å². The number of nitrogens with one attached hydrogen (secondary N) is 1. The summed E-state index contributed by atoms with van der Waals surface area (Å²) < 4.78 is 28.0. The number of hydrogen-bond donors (Lipinski definition) is 2. The van der Waals surface area contributed by atoms with Gasteiger partial charge in [-0.2, -0.15) is 0 Å². The van der Waals surface area contributed by atoms with E-state index < -0.39 is 10.0 Å². The fourth-order valence-electron chi connectivity index (χ4n) is 1.83. The van der Waals surface area contributed by atoms with E-state index >= 15 is 0 Å². The van der Waals surface area contributed by atoms with Crippen LogP contribution < -0.4 is 10.5 Å². The largest absolute Gasteiger partial charge is 0.389 e. The Bertz CT molecular complexity index is 804. The fourth-order valence-corrected chi connectivity index (χ4v) is 3.74. The average Bonchev–Trinajstić information content (AvgIpc) is 2.40. The zero-order valence-electron chi connectivity index (χ0n) is 11.1. The number of halogens is 1. The average molecular weight is 385 g/mol. The van der Waals surface area contributed by atoms with Crippen LogP contribution in [0.15, 0.2) is 51.8 Å². The van der Waals surface area contributed by atoms with Crippen LogP contribution in [0.5, 0.6) is 0 Å². The summed E-state index contributed by atoms with van der Waals surface area (Å²) in [4.78, 5) is 0.408. The fraction of sp³-hybridized carbons (Fsp3) is 0.0714. The summed E-state index contributed by atoms with van der Waals surface area (Å²) in [6.45, 7) is 1.77. The highest BCUT2D eigenvalue weighted by Gasteiger charge is 2.16. The Balaban J connectivity index is 2.39. The first-order valence-electron chi connectivity index (χ1n) is 5.99. The molecule has 0 heterocycles. The van der Waals surface area contributed by atoms with Crippen LogP contribution in [0.2, 0.25) is 0 Å². The summed E-state index contributed by atoms with van der Waals surface area (Å²) in [5.41, 5.74) is 7.45. The highest BCUT2D eigenvalue weighted by atomic mass is 79.9. The van der Waals surface area contributed by atoms with E-state index in [4.69, 9.17) is 18.0 Å². The molecule has 2 rings (SSSR count). The van der Waals surface area contributed by atoms with E-state index in [9.17, 15) is 8.42 Å². The van der Waals surface area contributed by atoms with Gasteiger partial charge >= 0.3 is 0 Å². The van der Waals surface area contributed by atoms with Gasteiger partial charge < -0.3 is 5.73 Å². The molecule has 0 aliphatic heterocycles. The van der Waals surface area contributed by atoms with Gasteiger partial charge in [0.2, 0.25) is 0 Å². The number of hydrogen-bond acceptors (Lipinski definition) is 3. The van der Waals surface area contributed by atoms with Gasteiger partial charge in [-0.15, -0.1) is 0 Å². The van der Waals surface area contributed by atoms with Gasteiger partial charge in [0.15, 0.2) is 0 Å². The maximum Gasteiger partial charge on any atom is 0.261 e. The van der Waals surface area contributed by atoms with Gasteiger partial charge in [0, 0.05) is 10.0 Å². The number of aryl methyl sites for hydroxylation is 1. The molecule has 4 nitrogen and oxygen atoms in total. The molecule has 0 fully saturated rings. The third-order valence-electron chi connectivity index (χ3n) is 2.89. The summed E-state index contributed by atoms with van der Waals surface area (Å²) in [5, 5.41) is 0. The molecular formula is C14H13BrN2O2S2. The van der Waals surface area contributed by atoms with E-state index in [0.717, 1.165) is 5.56 Å². The van der Waals surface area contributed by atoms with Crippen LogP contribution in [-0.2, 0) is 10.0 Å². The molecule has 0 bridgehead atoms. The van der Waals surface area contributed by atoms with Crippen LogP contribution in [-0.4, -0.2) is 13.4 Å². The van der Waals surface area contributed by atoms with Crippen LogP contribution in [0.25, 0.3) is 0 Å². The first kappa shape index (κ1) is 15.9. The van der Waals surface area contributed by atoms with Crippen LogP contribution in [0.1, 0.15) is 11.1 Å². The lowest BCUT2D eigenvalue weighted by Crippen LogP contribution is -2.15. The topological polar surface area (TPSA) is 72.2 Å². The van der Waals surface area contributed by atoms with Crippen LogP contribution >= 0.6 is 28.1 Å². The van der Waals surface area contributed by atoms with Crippen molar-refractivity contribution in [3.63, 3.8) is 0 Å². The van der Waals surface area contributed by atoms with Crippen molar-refractivity contribution in [3.8, 4) is 0 Å². The number of thiocarbonyl (C=S) groups is 1. The van der Waals surface area contributed by atoms with Crippen molar-refractivity contribution < 1.29 is 8.42 Å². The van der Waals surface area contributed by atoms with Crippen molar-refractivity contribution in [2.24, 2.45) is 5.73 Å². The Hall–Kier alpha value is -1.44. The van der Waals surface area contributed by atoms with Crippen molar-refractivity contribution in [2.45, 2.75) is 11.8 Å². The van der Waals surface area contributed by atoms with E-state index in [0.29, 0.717) is 15.7 Å². The van der Waals surface area contributed by atoms with E-state index in [1.807, 2.05) is 6.07 Å². The first-order valence-corrected chi connectivity index (χ1v) is 8.67. The second-order valence-electron chi connectivity index (χ2n) is 4.43. The summed E-state index contributed by atoms with van der Waals surface area (Å²) in [5.74, 6) is 0. The number of anilines is 1. The lowest BCUT2D eigenvalue weighted by molar-refractivity contribution is 0.601. The normalized spacial score (nSPS) is 11.1. The Morgan fingerprint density at radius 3 is 2.48 bits per heavy atom. The molecule has 0 amide bonds. The van der Waals surface area contributed by atoms with Crippen molar-refractivity contribution in [1.29, 1.82) is 0 Å². The van der Waals surface area contributed by atoms with Gasteiger partial charge in [-0.1, -0.05) is 30.4 Å². The molecule has 0 spiro atoms. The number of sulfonamides is 1. The smallest absolute Gasteiger partial charge is 0.261 e. The minimum absolute atomic E-state index is 0.163. The maximum atomic E-state index is 12.4. The molecule has 0 radical (unpaired) electrons. The Labute approximate surface area is 137 Å². The molecule has 2 aromatic carbocycles. The quantitative estimate of drug-likeness (QED) is 0.793. The van der Waals surface area contributed by atoms with Gasteiger partial charge in [0.1, 0.15) is 4.99 Å². The molecule has 2 aromatic rings. The van der Waals surface area contributed by atoms with Gasteiger partial charge in [0.05, 0.1) is 10.6 Å². The zero-order valence-corrected chi connectivity index (χ0v) is 14.3. The van der Waals surface area contributed by atoms with E-state index in [1.54, 1.807) is 37.3 Å². The molecule has 7 heteroatoms. The monoisotopic (exact) mass is 384 g/mol. The number of nitrogens with two attached hydrogens (primary N) is 1.